The van der Waals surface area contributed by atoms with Gasteiger partial charge in [-0.1, -0.05) is 45.7 Å². The van der Waals surface area contributed by atoms with E-state index in [4.69, 9.17) is 0 Å². The quantitative estimate of drug-likeness (QED) is 0.723. The van der Waals surface area contributed by atoms with Crippen molar-refractivity contribution < 1.29 is 10.2 Å². The Morgan fingerprint density at radius 2 is 1.10 bits per heavy atom. The molecule has 0 saturated carbocycles. The van der Waals surface area contributed by atoms with Crippen LogP contribution >= 0.6 is 31.9 Å². The van der Waals surface area contributed by atoms with E-state index in [-0.39, 0.29) is 11.5 Å². The van der Waals surface area contributed by atoms with E-state index in [1.165, 1.54) is 0 Å². The molecule has 2 aromatic carbocycles. The molecule has 0 radical (unpaired) electrons. The Morgan fingerprint density at radius 1 is 0.750 bits per heavy atom. The number of phenols is 2. The van der Waals surface area contributed by atoms with Crippen molar-refractivity contribution in [3.05, 3.63) is 44.3 Å². The zero-order chi connectivity index (χ0) is 14.9. The predicted octanol–water partition coefficient (Wildman–Crippen LogP) is 5.41. The Labute approximate surface area is 135 Å². The summed E-state index contributed by atoms with van der Waals surface area (Å²) in [5, 5.41) is 20.6. The number of phenolic OH excluding ortho intramolecular Hbond substituents is 2. The van der Waals surface area contributed by atoms with E-state index < -0.39 is 0 Å². The van der Waals surface area contributed by atoms with Crippen LogP contribution in [-0.2, 0) is 12.8 Å². The van der Waals surface area contributed by atoms with Crippen LogP contribution in [-0.4, -0.2) is 10.2 Å². The molecule has 0 spiro atoms. The second kappa shape index (κ2) is 6.19. The number of aromatic hydroxyl groups is 2. The molecular formula is C16H16Br2O2. The molecule has 0 aromatic heterocycles. The molecule has 0 aliphatic rings. The van der Waals surface area contributed by atoms with E-state index in [0.717, 1.165) is 44.0 Å². The van der Waals surface area contributed by atoms with Gasteiger partial charge in [-0.15, -0.1) is 0 Å². The minimum absolute atomic E-state index is 0.184. The summed E-state index contributed by atoms with van der Waals surface area (Å²) >= 11 is 6.79. The van der Waals surface area contributed by atoms with Crippen LogP contribution in [0.5, 0.6) is 11.5 Å². The molecule has 0 saturated heterocycles. The van der Waals surface area contributed by atoms with E-state index in [9.17, 15) is 10.2 Å². The molecule has 2 nitrogen and oxygen atoms in total. The highest BCUT2D eigenvalue weighted by molar-refractivity contribution is 9.10. The normalized spacial score (nSPS) is 10.8. The van der Waals surface area contributed by atoms with Gasteiger partial charge in [0.1, 0.15) is 11.5 Å². The first-order valence-electron chi connectivity index (χ1n) is 6.51. The smallest absolute Gasteiger partial charge is 0.124 e. The lowest BCUT2D eigenvalue weighted by atomic mass is 9.91. The average molecular weight is 400 g/mol. The fraction of sp³-hybridized carbons (Fsp3) is 0.250. The van der Waals surface area contributed by atoms with Crippen LogP contribution in [0, 0.1) is 0 Å². The summed E-state index contributed by atoms with van der Waals surface area (Å²) in [6, 6.07) is 7.29. The Hall–Kier alpha value is -1.000. The maximum Gasteiger partial charge on any atom is 0.124 e. The zero-order valence-corrected chi connectivity index (χ0v) is 14.5. The van der Waals surface area contributed by atoms with Crippen molar-refractivity contribution in [1.82, 2.24) is 0 Å². The van der Waals surface area contributed by atoms with Gasteiger partial charge < -0.3 is 10.2 Å². The molecule has 0 bridgehead atoms. The van der Waals surface area contributed by atoms with Gasteiger partial charge in [0.2, 0.25) is 0 Å². The second-order valence-electron chi connectivity index (χ2n) is 4.63. The summed E-state index contributed by atoms with van der Waals surface area (Å²) in [5.41, 5.74) is 3.45. The van der Waals surface area contributed by atoms with Gasteiger partial charge in [-0.2, -0.15) is 0 Å². The SMILES string of the molecule is CCc1cc(Br)cc(O)c1-c1c(O)cc(Br)cc1CC. The highest BCUT2D eigenvalue weighted by atomic mass is 79.9. The monoisotopic (exact) mass is 398 g/mol. The highest BCUT2D eigenvalue weighted by Gasteiger charge is 2.18. The number of aryl methyl sites for hydroxylation is 2. The van der Waals surface area contributed by atoms with Crippen LogP contribution < -0.4 is 0 Å². The molecule has 20 heavy (non-hydrogen) atoms. The summed E-state index contributed by atoms with van der Waals surface area (Å²) in [7, 11) is 0. The van der Waals surface area contributed by atoms with Gasteiger partial charge in [-0.3, -0.25) is 0 Å². The van der Waals surface area contributed by atoms with E-state index in [1.54, 1.807) is 12.1 Å². The van der Waals surface area contributed by atoms with Crippen molar-refractivity contribution in [3.63, 3.8) is 0 Å². The van der Waals surface area contributed by atoms with Crippen LogP contribution in [0.25, 0.3) is 11.1 Å². The third-order valence-corrected chi connectivity index (χ3v) is 4.26. The first-order valence-corrected chi connectivity index (χ1v) is 8.09. The summed E-state index contributed by atoms with van der Waals surface area (Å²) in [6.45, 7) is 4.07. The lowest BCUT2D eigenvalue weighted by molar-refractivity contribution is 0.467. The van der Waals surface area contributed by atoms with Gasteiger partial charge >= 0.3 is 0 Å². The Kier molecular flexibility index (Phi) is 4.76. The van der Waals surface area contributed by atoms with Crippen molar-refractivity contribution in [2.45, 2.75) is 26.7 Å². The van der Waals surface area contributed by atoms with Crippen LogP contribution in [0.2, 0.25) is 0 Å². The van der Waals surface area contributed by atoms with E-state index in [2.05, 4.69) is 31.9 Å². The van der Waals surface area contributed by atoms with E-state index >= 15 is 0 Å². The molecule has 0 aliphatic carbocycles. The summed E-state index contributed by atoms with van der Waals surface area (Å²) in [4.78, 5) is 0. The molecule has 2 rings (SSSR count). The van der Waals surface area contributed by atoms with Crippen LogP contribution in [0.4, 0.5) is 0 Å². The topological polar surface area (TPSA) is 40.5 Å². The second-order valence-corrected chi connectivity index (χ2v) is 6.46. The fourth-order valence-electron chi connectivity index (χ4n) is 2.43. The molecule has 2 aromatic rings. The third kappa shape index (κ3) is 2.86. The van der Waals surface area contributed by atoms with Gasteiger partial charge in [-0.25, -0.2) is 0 Å². The first-order chi connectivity index (χ1) is 9.47. The van der Waals surface area contributed by atoms with Gasteiger partial charge in [-0.05, 0) is 48.2 Å². The van der Waals surface area contributed by atoms with Crippen LogP contribution in [0.1, 0.15) is 25.0 Å². The van der Waals surface area contributed by atoms with Gasteiger partial charge in [0.15, 0.2) is 0 Å². The van der Waals surface area contributed by atoms with Gasteiger partial charge in [0.25, 0.3) is 0 Å². The fourth-order valence-corrected chi connectivity index (χ4v) is 3.42. The molecule has 106 valence electrons. The van der Waals surface area contributed by atoms with E-state index in [0.29, 0.717) is 0 Å². The lowest BCUT2D eigenvalue weighted by Gasteiger charge is -2.16. The average Bonchev–Trinajstić information content (AvgIpc) is 2.38. The predicted molar refractivity (Wildman–Crippen MR) is 89.4 cm³/mol. The molecule has 0 amide bonds. The molecule has 4 heteroatoms. The molecule has 2 N–H and O–H groups in total. The van der Waals surface area contributed by atoms with Crippen molar-refractivity contribution in [2.24, 2.45) is 0 Å². The first kappa shape index (κ1) is 15.4. The number of hydrogen-bond donors (Lipinski definition) is 2. The number of halogens is 2. The molecule has 0 heterocycles. The molecule has 0 atom stereocenters. The lowest BCUT2D eigenvalue weighted by Crippen LogP contribution is -1.95. The minimum atomic E-state index is 0.184. The number of rotatable bonds is 3. The summed E-state index contributed by atoms with van der Waals surface area (Å²) in [5.74, 6) is 0.368. The Bertz CT molecular complexity index is 594. The number of benzene rings is 2. The summed E-state index contributed by atoms with van der Waals surface area (Å²) in [6.07, 6.45) is 1.56. The van der Waals surface area contributed by atoms with Gasteiger partial charge in [0.05, 0.1) is 0 Å². The van der Waals surface area contributed by atoms with E-state index in [1.807, 2.05) is 26.0 Å². The highest BCUT2D eigenvalue weighted by Crippen LogP contribution is 2.43. The van der Waals surface area contributed by atoms with Crippen molar-refractivity contribution in [2.75, 3.05) is 0 Å². The molecule has 0 unspecified atom stereocenters. The van der Waals surface area contributed by atoms with Crippen LogP contribution in [0.3, 0.4) is 0 Å². The number of hydrogen-bond acceptors (Lipinski definition) is 2. The minimum Gasteiger partial charge on any atom is -0.507 e. The Morgan fingerprint density at radius 3 is 1.40 bits per heavy atom. The van der Waals surface area contributed by atoms with Crippen LogP contribution in [0.15, 0.2) is 33.2 Å². The van der Waals surface area contributed by atoms with Crippen molar-refractivity contribution >= 4 is 31.9 Å². The van der Waals surface area contributed by atoms with Crippen molar-refractivity contribution in [3.8, 4) is 22.6 Å². The summed E-state index contributed by atoms with van der Waals surface area (Å²) < 4.78 is 1.68. The van der Waals surface area contributed by atoms with Gasteiger partial charge in [0, 0.05) is 20.1 Å². The maximum atomic E-state index is 10.3. The zero-order valence-electron chi connectivity index (χ0n) is 11.4. The van der Waals surface area contributed by atoms with Crippen molar-refractivity contribution in [1.29, 1.82) is 0 Å². The standard InChI is InChI=1S/C16H16Br2O2/c1-3-9-5-11(17)7-13(19)15(9)16-10(4-2)6-12(18)8-14(16)20/h5-8,19-20H,3-4H2,1-2H3. The molecule has 0 fully saturated rings. The maximum absolute atomic E-state index is 10.3. The Balaban J connectivity index is 2.81. The molecule has 0 aliphatic heterocycles. The largest absolute Gasteiger partial charge is 0.507 e. The third-order valence-electron chi connectivity index (χ3n) is 3.34. The molecular weight excluding hydrogens is 384 g/mol.